The molecule has 2 aromatic carbocycles. The van der Waals surface area contributed by atoms with Gasteiger partial charge in [-0.05, 0) is 69.8 Å². The van der Waals surface area contributed by atoms with Crippen LogP contribution in [0.2, 0.25) is 5.02 Å². The number of nitrogens with one attached hydrogen (secondary N) is 1. The molecule has 168 valence electrons. The Hall–Kier alpha value is -2.57. The number of aryl methyl sites for hydroxylation is 1. The summed E-state index contributed by atoms with van der Waals surface area (Å²) < 4.78 is 0. The molecule has 1 aromatic heterocycles. The Bertz CT molecular complexity index is 1160. The molecule has 1 N–H and O–H groups in total. The fourth-order valence-corrected chi connectivity index (χ4v) is 5.16. The van der Waals surface area contributed by atoms with E-state index in [1.165, 1.54) is 5.56 Å². The van der Waals surface area contributed by atoms with Crippen LogP contribution in [-0.4, -0.2) is 72.0 Å². The van der Waals surface area contributed by atoms with Crippen molar-refractivity contribution in [2.24, 2.45) is 5.92 Å². The lowest BCUT2D eigenvalue weighted by molar-refractivity contribution is -0.133. The third-order valence-corrected chi connectivity index (χ3v) is 7.28. The van der Waals surface area contributed by atoms with Gasteiger partial charge in [0.2, 0.25) is 5.91 Å². The molecule has 3 heterocycles. The number of halogens is 1. The molecule has 0 bridgehead atoms. The first kappa shape index (κ1) is 21.3. The Labute approximate surface area is 194 Å². The summed E-state index contributed by atoms with van der Waals surface area (Å²) in [6.45, 7) is 5.41. The number of amides is 1. The number of carbonyl (C=O) groups is 1. The van der Waals surface area contributed by atoms with Gasteiger partial charge in [0.1, 0.15) is 5.82 Å². The summed E-state index contributed by atoms with van der Waals surface area (Å²) >= 11 is 6.56. The number of carbonyl (C=O) groups excluding carboxylic acids is 1. The van der Waals surface area contributed by atoms with Crippen molar-refractivity contribution in [3.63, 3.8) is 0 Å². The highest BCUT2D eigenvalue weighted by molar-refractivity contribution is 6.33. The van der Waals surface area contributed by atoms with Crippen molar-refractivity contribution in [2.75, 3.05) is 45.2 Å². The van der Waals surface area contributed by atoms with Crippen LogP contribution in [-0.2, 0) is 4.79 Å². The second-order valence-corrected chi connectivity index (χ2v) is 9.80. The number of nitrogens with zero attached hydrogens (tertiary/aromatic N) is 4. The molecule has 0 saturated carbocycles. The summed E-state index contributed by atoms with van der Waals surface area (Å²) in [7, 11) is 4.19. The van der Waals surface area contributed by atoms with Crippen molar-refractivity contribution >= 4 is 34.2 Å². The van der Waals surface area contributed by atoms with E-state index in [1.807, 2.05) is 12.1 Å². The Morgan fingerprint density at radius 1 is 1.12 bits per heavy atom. The number of likely N-dealkylation sites (N-methyl/N-ethyl adjacent to an activating group) is 1. The number of imidazole rings is 1. The molecule has 2 atom stereocenters. The van der Waals surface area contributed by atoms with E-state index in [4.69, 9.17) is 16.6 Å². The van der Waals surface area contributed by atoms with Crippen molar-refractivity contribution in [3.05, 3.63) is 47.0 Å². The summed E-state index contributed by atoms with van der Waals surface area (Å²) in [5, 5.41) is 0.670. The van der Waals surface area contributed by atoms with E-state index in [0.717, 1.165) is 67.1 Å². The van der Waals surface area contributed by atoms with Crippen LogP contribution < -0.4 is 4.90 Å². The summed E-state index contributed by atoms with van der Waals surface area (Å²) in [6.07, 6.45) is 1.95. The maximum Gasteiger partial charge on any atom is 0.227 e. The third kappa shape index (κ3) is 3.97. The number of benzene rings is 2. The van der Waals surface area contributed by atoms with E-state index < -0.39 is 0 Å². The molecule has 2 fully saturated rings. The Balaban J connectivity index is 1.33. The third-order valence-electron chi connectivity index (χ3n) is 6.95. The number of H-pyrrole nitrogens is 1. The number of fused-ring (bicyclic) bond motifs is 1. The van der Waals surface area contributed by atoms with E-state index in [0.29, 0.717) is 17.0 Å². The van der Waals surface area contributed by atoms with Gasteiger partial charge in [-0.15, -0.1) is 0 Å². The van der Waals surface area contributed by atoms with Crippen LogP contribution in [0.25, 0.3) is 22.4 Å². The number of likely N-dealkylation sites (tertiary alicyclic amines) is 1. The average molecular weight is 452 g/mol. The van der Waals surface area contributed by atoms with Crippen molar-refractivity contribution < 1.29 is 4.79 Å². The number of rotatable bonds is 4. The Kier molecular flexibility index (Phi) is 5.59. The number of anilines is 1. The van der Waals surface area contributed by atoms with Gasteiger partial charge in [0, 0.05) is 43.5 Å². The minimum Gasteiger partial charge on any atom is -0.371 e. The van der Waals surface area contributed by atoms with Crippen LogP contribution in [0.15, 0.2) is 36.4 Å². The molecule has 5 rings (SSSR count). The zero-order valence-corrected chi connectivity index (χ0v) is 19.7. The zero-order valence-electron chi connectivity index (χ0n) is 18.9. The fourth-order valence-electron chi connectivity index (χ4n) is 4.95. The number of hydrogen-bond donors (Lipinski definition) is 1. The minimum absolute atomic E-state index is 0.0595. The maximum atomic E-state index is 13.1. The van der Waals surface area contributed by atoms with Gasteiger partial charge in [-0.1, -0.05) is 17.7 Å². The smallest absolute Gasteiger partial charge is 0.227 e. The second kappa shape index (κ2) is 8.41. The van der Waals surface area contributed by atoms with Gasteiger partial charge >= 0.3 is 0 Å². The van der Waals surface area contributed by atoms with Crippen molar-refractivity contribution in [3.8, 4) is 11.4 Å². The van der Waals surface area contributed by atoms with Gasteiger partial charge in [-0.3, -0.25) is 4.79 Å². The Morgan fingerprint density at radius 3 is 2.75 bits per heavy atom. The van der Waals surface area contributed by atoms with Crippen LogP contribution in [0, 0.1) is 12.8 Å². The fraction of sp³-hybridized carbons (Fsp3) is 0.440. The first-order chi connectivity index (χ1) is 15.4. The highest BCUT2D eigenvalue weighted by Crippen LogP contribution is 2.34. The monoisotopic (exact) mass is 451 g/mol. The molecule has 32 heavy (non-hydrogen) atoms. The first-order valence-electron chi connectivity index (χ1n) is 11.4. The molecule has 0 spiro atoms. The van der Waals surface area contributed by atoms with Gasteiger partial charge in [0.25, 0.3) is 0 Å². The van der Waals surface area contributed by atoms with Crippen LogP contribution in [0.1, 0.15) is 18.4 Å². The quantitative estimate of drug-likeness (QED) is 0.646. The molecule has 0 radical (unpaired) electrons. The molecule has 7 heteroatoms. The molecule has 1 amide bonds. The van der Waals surface area contributed by atoms with Gasteiger partial charge in [0.05, 0.1) is 22.0 Å². The number of aromatic nitrogens is 2. The molecule has 3 aromatic rings. The van der Waals surface area contributed by atoms with Crippen LogP contribution in [0.5, 0.6) is 0 Å². The maximum absolute atomic E-state index is 13.1. The van der Waals surface area contributed by atoms with Crippen molar-refractivity contribution in [1.29, 1.82) is 0 Å². The van der Waals surface area contributed by atoms with Crippen molar-refractivity contribution in [1.82, 2.24) is 19.8 Å². The Morgan fingerprint density at radius 2 is 1.97 bits per heavy atom. The summed E-state index contributed by atoms with van der Waals surface area (Å²) in [4.78, 5) is 27.9. The lowest BCUT2D eigenvalue weighted by atomic mass is 10.1. The van der Waals surface area contributed by atoms with E-state index in [1.54, 1.807) is 0 Å². The summed E-state index contributed by atoms with van der Waals surface area (Å²) in [5.41, 5.74) is 5.10. The molecule has 2 unspecified atom stereocenters. The molecule has 0 aliphatic carbocycles. The van der Waals surface area contributed by atoms with E-state index in [9.17, 15) is 4.79 Å². The summed E-state index contributed by atoms with van der Waals surface area (Å²) in [6, 6.07) is 12.7. The number of aromatic amines is 1. The van der Waals surface area contributed by atoms with Gasteiger partial charge in [-0.25, -0.2) is 4.98 Å². The average Bonchev–Trinajstić information content (AvgIpc) is 3.52. The molecule has 2 aliphatic heterocycles. The highest BCUT2D eigenvalue weighted by atomic mass is 35.5. The van der Waals surface area contributed by atoms with Crippen LogP contribution >= 0.6 is 11.6 Å². The van der Waals surface area contributed by atoms with Crippen LogP contribution in [0.4, 0.5) is 5.69 Å². The second-order valence-electron chi connectivity index (χ2n) is 9.39. The van der Waals surface area contributed by atoms with E-state index >= 15 is 0 Å². The topological polar surface area (TPSA) is 55.5 Å². The van der Waals surface area contributed by atoms with E-state index in [2.05, 4.69) is 65.0 Å². The number of hydrogen-bond acceptors (Lipinski definition) is 4. The standard InChI is InChI=1S/C25H30ClN5O/c1-16-4-7-22-23(12-16)28-24(27-22)20-13-18(5-6-21(20)26)30-10-8-17(14-30)25(32)31-11-9-19(15-31)29(2)3/h4-7,12-13,17,19H,8-11,14-15H2,1-3H3,(H,27,28). The zero-order chi connectivity index (χ0) is 22.4. The SMILES string of the molecule is Cc1ccc2[nH]c(-c3cc(N4CCC(C(=O)N5CCC(N(C)C)C5)C4)ccc3Cl)nc2c1. The predicted molar refractivity (Wildman–Crippen MR) is 130 cm³/mol. The molecule has 2 saturated heterocycles. The molecule has 6 nitrogen and oxygen atoms in total. The largest absolute Gasteiger partial charge is 0.371 e. The van der Waals surface area contributed by atoms with Crippen LogP contribution in [0.3, 0.4) is 0 Å². The predicted octanol–water partition coefficient (Wildman–Crippen LogP) is 4.18. The summed E-state index contributed by atoms with van der Waals surface area (Å²) in [5.74, 6) is 1.14. The first-order valence-corrected chi connectivity index (χ1v) is 11.7. The highest BCUT2D eigenvalue weighted by Gasteiger charge is 2.35. The minimum atomic E-state index is 0.0595. The van der Waals surface area contributed by atoms with Gasteiger partial charge in [-0.2, -0.15) is 0 Å². The normalized spacial score (nSPS) is 21.3. The van der Waals surface area contributed by atoms with Crippen molar-refractivity contribution in [2.45, 2.75) is 25.8 Å². The van der Waals surface area contributed by atoms with Gasteiger partial charge < -0.3 is 19.7 Å². The molecular weight excluding hydrogens is 422 g/mol. The molecule has 2 aliphatic rings. The van der Waals surface area contributed by atoms with E-state index in [-0.39, 0.29) is 5.92 Å². The lowest BCUT2D eigenvalue weighted by Crippen LogP contribution is -2.38. The van der Waals surface area contributed by atoms with Gasteiger partial charge in [0.15, 0.2) is 0 Å². The lowest BCUT2D eigenvalue weighted by Gasteiger charge is -2.23. The molecular formula is C25H30ClN5O.